The molecule has 0 saturated carbocycles. The molecule has 0 fully saturated rings. The highest BCUT2D eigenvalue weighted by Crippen LogP contribution is 2.13. The van der Waals surface area contributed by atoms with E-state index in [1.54, 1.807) is 0 Å². The Hall–Kier alpha value is 0.400. The summed E-state index contributed by atoms with van der Waals surface area (Å²) < 4.78 is 1.22. The van der Waals surface area contributed by atoms with E-state index >= 15 is 0 Å². The second kappa shape index (κ2) is 23.7. The van der Waals surface area contributed by atoms with Gasteiger partial charge in [0.15, 0.2) is 0 Å². The standard InChI is InChI=1S/C25H54NO.BrH/c1-4-5-6-7-8-9-11-14-17-20-23-26(2,3)24-21-18-15-12-10-13-16-19-22-25-27;/h27H,4-25H2,1-3H3;1H/q+1;/p-1. The van der Waals surface area contributed by atoms with E-state index in [1.165, 1.54) is 133 Å². The summed E-state index contributed by atoms with van der Waals surface area (Å²) in [5.41, 5.74) is 0. The minimum atomic E-state index is 0. The lowest BCUT2D eigenvalue weighted by Crippen LogP contribution is -3.00. The minimum Gasteiger partial charge on any atom is -1.00 e. The van der Waals surface area contributed by atoms with Gasteiger partial charge in [-0.2, -0.15) is 0 Å². The molecule has 172 valence electrons. The number of aliphatic hydroxyl groups is 1. The van der Waals surface area contributed by atoms with Gasteiger partial charge in [-0.3, -0.25) is 0 Å². The molecule has 0 saturated heterocycles. The van der Waals surface area contributed by atoms with Crippen molar-refractivity contribution >= 4 is 0 Å². The summed E-state index contributed by atoms with van der Waals surface area (Å²) in [6.45, 7) is 5.38. The first-order chi connectivity index (χ1) is 13.1. The Bertz CT molecular complexity index is 258. The lowest BCUT2D eigenvalue weighted by Gasteiger charge is -2.30. The Balaban J connectivity index is 0. The molecule has 0 unspecified atom stereocenters. The van der Waals surface area contributed by atoms with Crippen LogP contribution in [-0.4, -0.2) is 43.4 Å². The maximum absolute atomic E-state index is 8.77. The summed E-state index contributed by atoms with van der Waals surface area (Å²) in [6, 6.07) is 0. The van der Waals surface area contributed by atoms with E-state index in [4.69, 9.17) is 5.11 Å². The van der Waals surface area contributed by atoms with Crippen molar-refractivity contribution in [3.63, 3.8) is 0 Å². The summed E-state index contributed by atoms with van der Waals surface area (Å²) in [5, 5.41) is 8.77. The number of hydrogen-bond donors (Lipinski definition) is 1. The van der Waals surface area contributed by atoms with E-state index in [-0.39, 0.29) is 17.0 Å². The molecule has 0 rings (SSSR count). The third-order valence-corrected chi connectivity index (χ3v) is 6.04. The van der Waals surface area contributed by atoms with Crippen LogP contribution in [-0.2, 0) is 0 Å². The van der Waals surface area contributed by atoms with Crippen LogP contribution in [0.3, 0.4) is 0 Å². The van der Waals surface area contributed by atoms with Crippen molar-refractivity contribution in [2.24, 2.45) is 0 Å². The van der Waals surface area contributed by atoms with Crippen LogP contribution in [0.2, 0.25) is 0 Å². The molecule has 0 aromatic carbocycles. The smallest absolute Gasteiger partial charge is 0.0782 e. The monoisotopic (exact) mass is 463 g/mol. The Morgan fingerprint density at radius 2 is 0.750 bits per heavy atom. The molecule has 28 heavy (non-hydrogen) atoms. The van der Waals surface area contributed by atoms with Crippen molar-refractivity contribution in [1.29, 1.82) is 0 Å². The van der Waals surface area contributed by atoms with Gasteiger partial charge >= 0.3 is 0 Å². The van der Waals surface area contributed by atoms with Crippen molar-refractivity contribution in [3.8, 4) is 0 Å². The Labute approximate surface area is 189 Å². The van der Waals surface area contributed by atoms with Crippen molar-refractivity contribution < 1.29 is 26.6 Å². The van der Waals surface area contributed by atoms with Crippen molar-refractivity contribution in [2.75, 3.05) is 33.8 Å². The van der Waals surface area contributed by atoms with Crippen LogP contribution in [0, 0.1) is 0 Å². The number of unbranched alkanes of at least 4 members (excludes halogenated alkanes) is 17. The highest BCUT2D eigenvalue weighted by atomic mass is 79.9. The molecule has 1 N–H and O–H groups in total. The molecule has 0 radical (unpaired) electrons. The van der Waals surface area contributed by atoms with Gasteiger partial charge in [0.1, 0.15) is 0 Å². The van der Waals surface area contributed by atoms with E-state index in [9.17, 15) is 0 Å². The van der Waals surface area contributed by atoms with Gasteiger partial charge in [0.2, 0.25) is 0 Å². The number of hydrogen-bond acceptors (Lipinski definition) is 1. The fraction of sp³-hybridized carbons (Fsp3) is 1.00. The molecule has 2 nitrogen and oxygen atoms in total. The molecule has 0 spiro atoms. The van der Waals surface area contributed by atoms with Crippen LogP contribution >= 0.6 is 0 Å². The van der Waals surface area contributed by atoms with Crippen molar-refractivity contribution in [2.45, 2.75) is 129 Å². The fourth-order valence-electron chi connectivity index (χ4n) is 4.03. The van der Waals surface area contributed by atoms with Gasteiger partial charge in [0.05, 0.1) is 27.2 Å². The van der Waals surface area contributed by atoms with Crippen molar-refractivity contribution in [1.82, 2.24) is 0 Å². The molecule has 3 heteroatoms. The number of quaternary nitrogens is 1. The number of rotatable bonds is 22. The van der Waals surface area contributed by atoms with Crippen LogP contribution in [0.5, 0.6) is 0 Å². The molecular weight excluding hydrogens is 410 g/mol. The fourth-order valence-corrected chi connectivity index (χ4v) is 4.03. The SMILES string of the molecule is CCCCCCCCCCCC[N+](C)(C)CCCCCCCCCCCO.[Br-]. The molecule has 0 atom stereocenters. The highest BCUT2D eigenvalue weighted by molar-refractivity contribution is 4.50. The van der Waals surface area contributed by atoms with Gasteiger partial charge < -0.3 is 26.6 Å². The summed E-state index contributed by atoms with van der Waals surface area (Å²) in [4.78, 5) is 0. The maximum atomic E-state index is 8.77. The van der Waals surface area contributed by atoms with E-state index in [0.29, 0.717) is 6.61 Å². The van der Waals surface area contributed by atoms with E-state index in [2.05, 4.69) is 21.0 Å². The van der Waals surface area contributed by atoms with Gasteiger partial charge in [-0.25, -0.2) is 0 Å². The Kier molecular flexibility index (Phi) is 25.9. The largest absolute Gasteiger partial charge is 1.00 e. The summed E-state index contributed by atoms with van der Waals surface area (Å²) >= 11 is 0. The molecule has 0 aromatic rings. The van der Waals surface area contributed by atoms with E-state index in [0.717, 1.165) is 6.42 Å². The number of nitrogens with zero attached hydrogens (tertiary/aromatic N) is 1. The Morgan fingerprint density at radius 3 is 1.07 bits per heavy atom. The van der Waals surface area contributed by atoms with E-state index < -0.39 is 0 Å². The van der Waals surface area contributed by atoms with Crippen LogP contribution < -0.4 is 17.0 Å². The normalized spacial score (nSPS) is 11.6. The zero-order chi connectivity index (χ0) is 20.1. The average Bonchev–Trinajstić information content (AvgIpc) is 2.64. The molecule has 0 aliphatic rings. The maximum Gasteiger partial charge on any atom is 0.0782 e. The van der Waals surface area contributed by atoms with Crippen LogP contribution in [0.15, 0.2) is 0 Å². The second-order valence-corrected chi connectivity index (χ2v) is 9.47. The molecule has 0 amide bonds. The molecule has 0 aromatic heterocycles. The predicted octanol–water partition coefficient (Wildman–Crippen LogP) is 4.49. The van der Waals surface area contributed by atoms with Gasteiger partial charge in [-0.05, 0) is 32.1 Å². The number of halogens is 1. The second-order valence-electron chi connectivity index (χ2n) is 9.47. The molecular formula is C25H54BrNO. The topological polar surface area (TPSA) is 20.2 Å². The van der Waals surface area contributed by atoms with Crippen molar-refractivity contribution in [3.05, 3.63) is 0 Å². The van der Waals surface area contributed by atoms with Crippen LogP contribution in [0.1, 0.15) is 129 Å². The zero-order valence-electron chi connectivity index (χ0n) is 19.8. The summed E-state index contributed by atoms with van der Waals surface area (Å²) in [6.07, 6.45) is 26.3. The molecule has 0 aliphatic heterocycles. The third-order valence-electron chi connectivity index (χ3n) is 6.04. The van der Waals surface area contributed by atoms with Gasteiger partial charge in [-0.15, -0.1) is 0 Å². The Morgan fingerprint density at radius 1 is 0.464 bits per heavy atom. The van der Waals surface area contributed by atoms with Crippen LogP contribution in [0.4, 0.5) is 0 Å². The van der Waals surface area contributed by atoms with Gasteiger partial charge in [-0.1, -0.05) is 96.8 Å². The number of aliphatic hydroxyl groups excluding tert-OH is 1. The third kappa shape index (κ3) is 24.4. The first-order valence-corrected chi connectivity index (χ1v) is 12.6. The summed E-state index contributed by atoms with van der Waals surface area (Å²) in [5.74, 6) is 0. The quantitative estimate of drug-likeness (QED) is 0.185. The van der Waals surface area contributed by atoms with Gasteiger partial charge in [0.25, 0.3) is 0 Å². The van der Waals surface area contributed by atoms with Gasteiger partial charge in [0, 0.05) is 6.61 Å². The lowest BCUT2D eigenvalue weighted by molar-refractivity contribution is -0.890. The zero-order valence-corrected chi connectivity index (χ0v) is 21.4. The molecule has 0 bridgehead atoms. The first-order valence-electron chi connectivity index (χ1n) is 12.6. The lowest BCUT2D eigenvalue weighted by atomic mass is 10.1. The van der Waals surface area contributed by atoms with E-state index in [1.807, 2.05) is 0 Å². The molecule has 0 heterocycles. The minimum absolute atomic E-state index is 0. The molecule has 0 aliphatic carbocycles. The average molecular weight is 465 g/mol. The summed E-state index contributed by atoms with van der Waals surface area (Å²) in [7, 11) is 4.85. The predicted molar refractivity (Wildman–Crippen MR) is 122 cm³/mol. The highest BCUT2D eigenvalue weighted by Gasteiger charge is 2.13. The van der Waals surface area contributed by atoms with Crippen LogP contribution in [0.25, 0.3) is 0 Å². The first kappa shape index (κ1) is 30.6.